The van der Waals surface area contributed by atoms with Gasteiger partial charge in [0.25, 0.3) is 11.6 Å². The Bertz CT molecular complexity index is 1420. The van der Waals surface area contributed by atoms with E-state index in [1.165, 1.54) is 66.4 Å². The standard InChI is InChI=1S/C24H16FN3O6S/c1-35-20-11-8-15(12-19(20)28(31)32)22(29)17-4-2-3-5-18(17)24(30)33-13-21-26-23(27-34-21)14-6-9-16(25)10-7-14/h2-12H,13H2,1H3. The monoisotopic (exact) mass is 493 g/mol. The summed E-state index contributed by atoms with van der Waals surface area (Å²) < 4.78 is 23.4. The Labute approximate surface area is 202 Å². The SMILES string of the molecule is CSc1ccc(C(=O)c2ccccc2C(=O)OCc2nc(-c3ccc(F)cc3)no2)cc1[N+](=O)[O-]. The number of esters is 1. The maximum absolute atomic E-state index is 13.1. The number of carbonyl (C=O) groups excluding carboxylic acids is 2. The number of aromatic nitrogens is 2. The minimum absolute atomic E-state index is 0.00441. The van der Waals surface area contributed by atoms with Gasteiger partial charge in [0, 0.05) is 22.8 Å². The minimum Gasteiger partial charge on any atom is -0.452 e. The lowest BCUT2D eigenvalue weighted by molar-refractivity contribution is -0.387. The van der Waals surface area contributed by atoms with Crippen LogP contribution >= 0.6 is 11.8 Å². The summed E-state index contributed by atoms with van der Waals surface area (Å²) >= 11 is 1.19. The lowest BCUT2D eigenvalue weighted by Crippen LogP contribution is -2.13. The highest BCUT2D eigenvalue weighted by molar-refractivity contribution is 7.98. The average Bonchev–Trinajstić information content (AvgIpc) is 3.36. The lowest BCUT2D eigenvalue weighted by atomic mass is 9.98. The second-order valence-electron chi connectivity index (χ2n) is 7.11. The Kier molecular flexibility index (Phi) is 6.97. The lowest BCUT2D eigenvalue weighted by Gasteiger charge is -2.09. The van der Waals surface area contributed by atoms with Gasteiger partial charge in [0.15, 0.2) is 12.4 Å². The molecule has 0 N–H and O–H groups in total. The number of hydrogen-bond donors (Lipinski definition) is 0. The molecule has 35 heavy (non-hydrogen) atoms. The fraction of sp³-hybridized carbons (Fsp3) is 0.0833. The highest BCUT2D eigenvalue weighted by atomic mass is 32.2. The molecule has 9 nitrogen and oxygen atoms in total. The number of carbonyl (C=O) groups is 2. The van der Waals surface area contributed by atoms with Crippen LogP contribution in [0.2, 0.25) is 0 Å². The maximum Gasteiger partial charge on any atom is 0.339 e. The topological polar surface area (TPSA) is 125 Å². The van der Waals surface area contributed by atoms with E-state index in [-0.39, 0.29) is 40.7 Å². The van der Waals surface area contributed by atoms with Gasteiger partial charge in [-0.1, -0.05) is 23.4 Å². The third kappa shape index (κ3) is 5.25. The van der Waals surface area contributed by atoms with E-state index in [0.717, 1.165) is 0 Å². The molecular weight excluding hydrogens is 477 g/mol. The number of nitrogens with zero attached hydrogens (tertiary/aromatic N) is 3. The van der Waals surface area contributed by atoms with Gasteiger partial charge in [-0.25, -0.2) is 9.18 Å². The van der Waals surface area contributed by atoms with E-state index in [9.17, 15) is 24.1 Å². The zero-order chi connectivity index (χ0) is 24.9. The molecule has 0 fully saturated rings. The summed E-state index contributed by atoms with van der Waals surface area (Å²) in [5.74, 6) is -1.59. The van der Waals surface area contributed by atoms with Crippen molar-refractivity contribution in [3.8, 4) is 11.4 Å². The summed E-state index contributed by atoms with van der Waals surface area (Å²) in [6.45, 7) is -0.358. The fourth-order valence-corrected chi connectivity index (χ4v) is 3.77. The average molecular weight is 493 g/mol. The summed E-state index contributed by atoms with van der Waals surface area (Å²) in [6, 6.07) is 15.6. The van der Waals surface area contributed by atoms with E-state index in [2.05, 4.69) is 10.1 Å². The molecule has 1 heterocycles. The molecule has 176 valence electrons. The molecule has 3 aromatic carbocycles. The molecule has 0 aliphatic rings. The number of ether oxygens (including phenoxy) is 1. The van der Waals surface area contributed by atoms with Crippen molar-refractivity contribution in [2.45, 2.75) is 11.5 Å². The minimum atomic E-state index is -0.814. The number of rotatable bonds is 8. The van der Waals surface area contributed by atoms with E-state index in [1.807, 2.05) is 0 Å². The Morgan fingerprint density at radius 2 is 1.80 bits per heavy atom. The Morgan fingerprint density at radius 1 is 1.09 bits per heavy atom. The molecule has 0 unspecified atom stereocenters. The quantitative estimate of drug-likeness (QED) is 0.108. The molecular formula is C24H16FN3O6S. The van der Waals surface area contributed by atoms with Gasteiger partial charge in [-0.2, -0.15) is 4.98 Å². The van der Waals surface area contributed by atoms with Crippen molar-refractivity contribution in [2.75, 3.05) is 6.26 Å². The maximum atomic E-state index is 13.1. The van der Waals surface area contributed by atoms with Crippen LogP contribution in [0.25, 0.3) is 11.4 Å². The van der Waals surface area contributed by atoms with Crippen LogP contribution in [0.3, 0.4) is 0 Å². The number of ketones is 1. The molecule has 0 atom stereocenters. The van der Waals surface area contributed by atoms with Gasteiger partial charge in [-0.05, 0) is 48.7 Å². The molecule has 0 aliphatic carbocycles. The molecule has 11 heteroatoms. The van der Waals surface area contributed by atoms with Crippen molar-refractivity contribution in [3.63, 3.8) is 0 Å². The molecule has 0 saturated heterocycles. The summed E-state index contributed by atoms with van der Waals surface area (Å²) in [5.41, 5.74) is 0.395. The summed E-state index contributed by atoms with van der Waals surface area (Å²) in [6.07, 6.45) is 1.70. The molecule has 0 spiro atoms. The van der Waals surface area contributed by atoms with Crippen LogP contribution in [0.1, 0.15) is 32.2 Å². The first kappa shape index (κ1) is 23.8. The van der Waals surface area contributed by atoms with Gasteiger partial charge in [0.2, 0.25) is 5.82 Å². The molecule has 4 rings (SSSR count). The van der Waals surface area contributed by atoms with Gasteiger partial charge >= 0.3 is 5.97 Å². The highest BCUT2D eigenvalue weighted by Gasteiger charge is 2.23. The number of benzene rings is 3. The van der Waals surface area contributed by atoms with Gasteiger partial charge in [0.05, 0.1) is 15.4 Å². The molecule has 0 amide bonds. The third-order valence-corrected chi connectivity index (χ3v) is 5.71. The Hall–Kier alpha value is -4.38. The second kappa shape index (κ2) is 10.3. The molecule has 1 aromatic heterocycles. The van der Waals surface area contributed by atoms with Crippen molar-refractivity contribution < 1.29 is 28.2 Å². The summed E-state index contributed by atoms with van der Waals surface area (Å²) in [4.78, 5) is 41.2. The zero-order valence-electron chi connectivity index (χ0n) is 18.1. The van der Waals surface area contributed by atoms with Crippen molar-refractivity contribution >= 4 is 29.2 Å². The predicted molar refractivity (Wildman–Crippen MR) is 124 cm³/mol. The van der Waals surface area contributed by atoms with Crippen LogP contribution in [0.5, 0.6) is 0 Å². The van der Waals surface area contributed by atoms with Crippen LogP contribution in [0, 0.1) is 15.9 Å². The molecule has 0 bridgehead atoms. The van der Waals surface area contributed by atoms with E-state index in [4.69, 9.17) is 9.26 Å². The van der Waals surface area contributed by atoms with Crippen molar-refractivity contribution in [1.29, 1.82) is 0 Å². The van der Waals surface area contributed by atoms with Gasteiger partial charge < -0.3 is 9.26 Å². The molecule has 0 radical (unpaired) electrons. The Balaban J connectivity index is 1.52. The second-order valence-corrected chi connectivity index (χ2v) is 7.96. The zero-order valence-corrected chi connectivity index (χ0v) is 19.0. The van der Waals surface area contributed by atoms with Crippen LogP contribution in [-0.2, 0) is 11.3 Å². The van der Waals surface area contributed by atoms with E-state index < -0.39 is 22.5 Å². The molecule has 4 aromatic rings. The first-order valence-electron chi connectivity index (χ1n) is 10.1. The number of thioether (sulfide) groups is 1. The van der Waals surface area contributed by atoms with E-state index in [1.54, 1.807) is 18.4 Å². The van der Waals surface area contributed by atoms with E-state index >= 15 is 0 Å². The van der Waals surface area contributed by atoms with Crippen LogP contribution in [0.4, 0.5) is 10.1 Å². The number of nitro groups is 1. The third-order valence-electron chi connectivity index (χ3n) is 4.93. The van der Waals surface area contributed by atoms with Crippen LogP contribution in [0.15, 0.2) is 76.1 Å². The van der Waals surface area contributed by atoms with Gasteiger partial charge in [0.1, 0.15) is 5.82 Å². The van der Waals surface area contributed by atoms with Crippen molar-refractivity contribution in [2.24, 2.45) is 0 Å². The molecule has 0 aliphatic heterocycles. The van der Waals surface area contributed by atoms with Gasteiger partial charge in [-0.15, -0.1) is 11.8 Å². The number of halogens is 1. The number of nitro benzene ring substituents is 1. The fourth-order valence-electron chi connectivity index (χ4n) is 3.22. The summed E-state index contributed by atoms with van der Waals surface area (Å²) in [5, 5.41) is 15.1. The summed E-state index contributed by atoms with van der Waals surface area (Å²) in [7, 11) is 0. The Morgan fingerprint density at radius 3 is 2.49 bits per heavy atom. The normalized spacial score (nSPS) is 10.7. The predicted octanol–water partition coefficient (Wildman–Crippen LogP) is 5.09. The van der Waals surface area contributed by atoms with E-state index in [0.29, 0.717) is 10.5 Å². The first-order chi connectivity index (χ1) is 16.9. The largest absolute Gasteiger partial charge is 0.452 e. The van der Waals surface area contributed by atoms with Crippen LogP contribution in [-0.4, -0.2) is 33.1 Å². The smallest absolute Gasteiger partial charge is 0.339 e. The first-order valence-corrected chi connectivity index (χ1v) is 11.3. The number of hydrogen-bond acceptors (Lipinski definition) is 9. The van der Waals surface area contributed by atoms with Crippen molar-refractivity contribution in [3.05, 3.63) is 105 Å². The van der Waals surface area contributed by atoms with Crippen LogP contribution < -0.4 is 0 Å². The molecule has 0 saturated carbocycles. The van der Waals surface area contributed by atoms with Gasteiger partial charge in [-0.3, -0.25) is 14.9 Å². The van der Waals surface area contributed by atoms with Crippen molar-refractivity contribution in [1.82, 2.24) is 10.1 Å². The highest BCUT2D eigenvalue weighted by Crippen LogP contribution is 2.29.